The van der Waals surface area contributed by atoms with Gasteiger partial charge in [-0.15, -0.1) is 0 Å². The van der Waals surface area contributed by atoms with Gasteiger partial charge in [0.1, 0.15) is 0 Å². The third-order valence-electron chi connectivity index (χ3n) is 2.68. The monoisotopic (exact) mass is 201 g/mol. The predicted molar refractivity (Wildman–Crippen MR) is 53.1 cm³/mol. The summed E-state index contributed by atoms with van der Waals surface area (Å²) in [7, 11) is 0. The Morgan fingerprint density at radius 3 is 2.50 bits per heavy atom. The summed E-state index contributed by atoms with van der Waals surface area (Å²) in [5.41, 5.74) is -1.38. The van der Waals surface area contributed by atoms with Crippen molar-refractivity contribution >= 4 is 5.97 Å². The molecule has 0 bridgehead atoms. The van der Waals surface area contributed by atoms with Crippen molar-refractivity contribution in [1.82, 2.24) is 4.90 Å². The van der Waals surface area contributed by atoms with E-state index in [1.54, 1.807) is 20.8 Å². The number of hydrogen-bond acceptors (Lipinski definition) is 3. The van der Waals surface area contributed by atoms with Gasteiger partial charge in [-0.2, -0.15) is 0 Å². The fourth-order valence-corrected chi connectivity index (χ4v) is 1.91. The zero-order valence-electron chi connectivity index (χ0n) is 9.08. The van der Waals surface area contributed by atoms with Crippen LogP contribution in [-0.4, -0.2) is 46.3 Å². The van der Waals surface area contributed by atoms with Crippen LogP contribution in [0.25, 0.3) is 0 Å². The highest BCUT2D eigenvalue weighted by Gasteiger charge is 2.41. The average molecular weight is 201 g/mol. The minimum Gasteiger partial charge on any atom is -0.481 e. The van der Waals surface area contributed by atoms with Crippen molar-refractivity contribution in [1.29, 1.82) is 0 Å². The number of likely N-dealkylation sites (tertiary alicyclic amines) is 1. The Balaban J connectivity index is 2.53. The van der Waals surface area contributed by atoms with Crippen LogP contribution in [0.15, 0.2) is 0 Å². The van der Waals surface area contributed by atoms with Crippen molar-refractivity contribution < 1.29 is 15.0 Å². The summed E-state index contributed by atoms with van der Waals surface area (Å²) >= 11 is 0. The molecule has 4 nitrogen and oxygen atoms in total. The number of hydrogen-bond donors (Lipinski definition) is 2. The Morgan fingerprint density at radius 1 is 1.57 bits per heavy atom. The van der Waals surface area contributed by atoms with Crippen LogP contribution in [0.5, 0.6) is 0 Å². The topological polar surface area (TPSA) is 60.8 Å². The van der Waals surface area contributed by atoms with Crippen molar-refractivity contribution in [2.24, 2.45) is 5.41 Å². The Hall–Kier alpha value is -0.610. The largest absolute Gasteiger partial charge is 0.481 e. The molecule has 0 saturated carbocycles. The summed E-state index contributed by atoms with van der Waals surface area (Å²) in [5, 5.41) is 18.6. The van der Waals surface area contributed by atoms with E-state index in [0.29, 0.717) is 19.5 Å². The molecular weight excluding hydrogens is 182 g/mol. The van der Waals surface area contributed by atoms with E-state index in [4.69, 9.17) is 5.11 Å². The first-order valence-electron chi connectivity index (χ1n) is 4.91. The van der Waals surface area contributed by atoms with Crippen LogP contribution in [0.3, 0.4) is 0 Å². The molecule has 0 spiro atoms. The van der Waals surface area contributed by atoms with E-state index in [1.165, 1.54) is 0 Å². The highest BCUT2D eigenvalue weighted by atomic mass is 16.4. The normalized spacial score (nSPS) is 29.4. The van der Waals surface area contributed by atoms with Crippen molar-refractivity contribution in [3.63, 3.8) is 0 Å². The van der Waals surface area contributed by atoms with E-state index in [-0.39, 0.29) is 0 Å². The van der Waals surface area contributed by atoms with Crippen LogP contribution in [0.1, 0.15) is 27.2 Å². The van der Waals surface area contributed by atoms with Crippen molar-refractivity contribution in [2.75, 3.05) is 19.6 Å². The standard InChI is InChI=1S/C10H19NO3/c1-9(2,14)6-11-5-4-10(3,7-11)8(12)13/h14H,4-7H2,1-3H3,(H,12,13). The third kappa shape index (κ3) is 2.69. The van der Waals surface area contributed by atoms with Gasteiger partial charge in [-0.05, 0) is 33.7 Å². The summed E-state index contributed by atoms with van der Waals surface area (Å²) in [4.78, 5) is 13.0. The molecule has 1 heterocycles. The molecule has 0 aromatic rings. The lowest BCUT2D eigenvalue weighted by atomic mass is 9.90. The molecule has 1 atom stereocenters. The van der Waals surface area contributed by atoms with E-state index >= 15 is 0 Å². The van der Waals surface area contributed by atoms with Crippen molar-refractivity contribution in [3.8, 4) is 0 Å². The number of rotatable bonds is 3. The summed E-state index contributed by atoms with van der Waals surface area (Å²) < 4.78 is 0. The number of carbonyl (C=O) groups is 1. The summed E-state index contributed by atoms with van der Waals surface area (Å²) in [6, 6.07) is 0. The molecule has 0 radical (unpaired) electrons. The quantitative estimate of drug-likeness (QED) is 0.700. The second-order valence-corrected chi connectivity index (χ2v) is 5.14. The lowest BCUT2D eigenvalue weighted by Crippen LogP contribution is -2.39. The lowest BCUT2D eigenvalue weighted by molar-refractivity contribution is -0.147. The summed E-state index contributed by atoms with van der Waals surface area (Å²) in [5.74, 6) is -0.740. The Bertz CT molecular complexity index is 234. The number of carboxylic acids is 1. The molecule has 14 heavy (non-hydrogen) atoms. The van der Waals surface area contributed by atoms with Crippen LogP contribution in [0, 0.1) is 5.41 Å². The zero-order valence-corrected chi connectivity index (χ0v) is 9.08. The predicted octanol–water partition coefficient (Wildman–Crippen LogP) is 0.554. The van der Waals surface area contributed by atoms with Gasteiger partial charge in [0.15, 0.2) is 0 Å². The molecule has 2 N–H and O–H groups in total. The molecule has 4 heteroatoms. The van der Waals surface area contributed by atoms with Gasteiger partial charge >= 0.3 is 5.97 Å². The minimum absolute atomic E-state index is 0.534. The molecule has 1 rings (SSSR count). The second kappa shape index (κ2) is 3.51. The molecule has 1 aliphatic rings. The maximum Gasteiger partial charge on any atom is 0.310 e. The van der Waals surface area contributed by atoms with E-state index in [1.807, 2.05) is 4.90 Å². The number of carboxylic acid groups (broad SMARTS) is 1. The smallest absolute Gasteiger partial charge is 0.310 e. The summed E-state index contributed by atoms with van der Waals surface area (Å²) in [6.07, 6.45) is 0.665. The Kier molecular flexibility index (Phi) is 2.88. The number of β-amino-alcohol motifs (C(OH)–C–C–N with tert-alkyl or cyclic N) is 1. The number of nitrogens with zero attached hydrogens (tertiary/aromatic N) is 1. The first-order valence-corrected chi connectivity index (χ1v) is 4.91. The van der Waals surface area contributed by atoms with Gasteiger partial charge in [0.25, 0.3) is 0 Å². The molecule has 0 aromatic heterocycles. The number of aliphatic hydroxyl groups is 1. The van der Waals surface area contributed by atoms with Crippen LogP contribution in [0.2, 0.25) is 0 Å². The van der Waals surface area contributed by atoms with Gasteiger partial charge in [-0.3, -0.25) is 9.69 Å². The number of aliphatic carboxylic acids is 1. The van der Waals surface area contributed by atoms with Gasteiger partial charge in [-0.25, -0.2) is 0 Å². The molecular formula is C10H19NO3. The van der Waals surface area contributed by atoms with Crippen molar-refractivity contribution in [3.05, 3.63) is 0 Å². The highest BCUT2D eigenvalue weighted by molar-refractivity contribution is 5.74. The third-order valence-corrected chi connectivity index (χ3v) is 2.68. The van der Waals surface area contributed by atoms with Crippen LogP contribution in [0.4, 0.5) is 0 Å². The fraction of sp³-hybridized carbons (Fsp3) is 0.900. The maximum absolute atomic E-state index is 10.9. The van der Waals surface area contributed by atoms with Crippen LogP contribution in [-0.2, 0) is 4.79 Å². The molecule has 0 amide bonds. The van der Waals surface area contributed by atoms with E-state index in [0.717, 1.165) is 6.54 Å². The van der Waals surface area contributed by atoms with E-state index in [2.05, 4.69) is 0 Å². The lowest BCUT2D eigenvalue weighted by Gasteiger charge is -2.26. The zero-order chi connectivity index (χ0) is 11.0. The first kappa shape index (κ1) is 11.5. The van der Waals surface area contributed by atoms with E-state index < -0.39 is 17.0 Å². The molecule has 0 aromatic carbocycles. The van der Waals surface area contributed by atoms with Crippen LogP contribution >= 0.6 is 0 Å². The molecule has 1 unspecified atom stereocenters. The Morgan fingerprint density at radius 2 is 2.14 bits per heavy atom. The van der Waals surface area contributed by atoms with Gasteiger partial charge in [0.2, 0.25) is 0 Å². The average Bonchev–Trinajstić information content (AvgIpc) is 2.29. The van der Waals surface area contributed by atoms with Crippen molar-refractivity contribution in [2.45, 2.75) is 32.8 Å². The van der Waals surface area contributed by atoms with Gasteiger partial charge < -0.3 is 10.2 Å². The van der Waals surface area contributed by atoms with Gasteiger partial charge in [0, 0.05) is 13.1 Å². The van der Waals surface area contributed by atoms with Gasteiger partial charge in [-0.1, -0.05) is 0 Å². The highest BCUT2D eigenvalue weighted by Crippen LogP contribution is 2.30. The minimum atomic E-state index is -0.746. The molecule has 1 saturated heterocycles. The van der Waals surface area contributed by atoms with Crippen LogP contribution < -0.4 is 0 Å². The molecule has 1 aliphatic heterocycles. The second-order valence-electron chi connectivity index (χ2n) is 5.14. The van der Waals surface area contributed by atoms with Gasteiger partial charge in [0.05, 0.1) is 11.0 Å². The fourth-order valence-electron chi connectivity index (χ4n) is 1.91. The first-order chi connectivity index (χ1) is 6.23. The SMILES string of the molecule is CC(C)(O)CN1CCC(C)(C(=O)O)C1. The maximum atomic E-state index is 10.9. The summed E-state index contributed by atoms with van der Waals surface area (Å²) in [6.45, 7) is 7.07. The Labute approximate surface area is 84.5 Å². The van der Waals surface area contributed by atoms with E-state index in [9.17, 15) is 9.90 Å². The molecule has 1 fully saturated rings. The molecule has 0 aliphatic carbocycles. The molecule has 82 valence electrons.